The number of hydrogen-bond acceptors (Lipinski definition) is 8. The van der Waals surface area contributed by atoms with Crippen molar-refractivity contribution in [2.75, 3.05) is 32.7 Å². The molecule has 280 valence electrons. The van der Waals surface area contributed by atoms with Gasteiger partial charge in [-0.2, -0.15) is 8.61 Å². The molecule has 0 radical (unpaired) electrons. The van der Waals surface area contributed by atoms with Crippen LogP contribution in [0.5, 0.6) is 5.75 Å². The number of nitrogens with two attached hydrogens (primary N) is 1. The molecule has 1 aromatic heterocycles. The molecule has 2 saturated heterocycles. The van der Waals surface area contributed by atoms with Crippen molar-refractivity contribution in [3.05, 3.63) is 93.1 Å². The predicted molar refractivity (Wildman–Crippen MR) is 206 cm³/mol. The Balaban J connectivity index is 0.00000302. The Morgan fingerprint density at radius 3 is 2.27 bits per heavy atom. The molecule has 3 aromatic carbocycles. The molecule has 2 aliphatic rings. The Morgan fingerprint density at radius 1 is 0.942 bits per heavy atom. The smallest absolute Gasteiger partial charge is 0.245 e. The highest BCUT2D eigenvalue weighted by Crippen LogP contribution is 2.37. The zero-order valence-electron chi connectivity index (χ0n) is 28.2. The zero-order chi connectivity index (χ0) is 36.0. The van der Waals surface area contributed by atoms with Gasteiger partial charge in [0.25, 0.3) is 0 Å². The van der Waals surface area contributed by atoms with Crippen molar-refractivity contribution in [1.29, 1.82) is 5.41 Å². The van der Waals surface area contributed by atoms with Gasteiger partial charge in [0.15, 0.2) is 0 Å². The monoisotopic (exact) mass is 830 g/mol. The van der Waals surface area contributed by atoms with E-state index in [9.17, 15) is 21.6 Å². The van der Waals surface area contributed by atoms with E-state index in [1.165, 1.54) is 49.9 Å². The lowest BCUT2D eigenvalue weighted by molar-refractivity contribution is -0.135. The van der Waals surface area contributed by atoms with Crippen molar-refractivity contribution >= 4 is 90.7 Å². The number of rotatable bonds is 9. The summed E-state index contributed by atoms with van der Waals surface area (Å²) in [5.41, 5.74) is 8.71. The molecular formula is C34H38Cl4N6O6S2. The van der Waals surface area contributed by atoms with E-state index in [1.54, 1.807) is 6.07 Å². The first-order chi connectivity index (χ1) is 23.7. The van der Waals surface area contributed by atoms with Gasteiger partial charge in [-0.05, 0) is 80.8 Å². The molecule has 2 aliphatic heterocycles. The average Bonchev–Trinajstić information content (AvgIpc) is 3.59. The first-order valence-corrected chi connectivity index (χ1v) is 19.6. The minimum Gasteiger partial charge on any atom is -0.487 e. The average molecular weight is 833 g/mol. The Bertz CT molecular complexity index is 2220. The fourth-order valence-electron chi connectivity index (χ4n) is 6.45. The molecule has 0 saturated carbocycles. The summed E-state index contributed by atoms with van der Waals surface area (Å²) in [6.07, 6.45) is 0.779. The van der Waals surface area contributed by atoms with E-state index in [-0.39, 0.29) is 95.4 Å². The van der Waals surface area contributed by atoms with Crippen LogP contribution >= 0.6 is 48.0 Å². The number of benzene rings is 3. The van der Waals surface area contributed by atoms with Gasteiger partial charge in [0, 0.05) is 60.0 Å². The van der Waals surface area contributed by atoms with E-state index in [0.29, 0.717) is 29.7 Å². The molecule has 0 spiro atoms. The summed E-state index contributed by atoms with van der Waals surface area (Å²) in [6.45, 7) is 4.16. The summed E-state index contributed by atoms with van der Waals surface area (Å²) >= 11 is 13.3. The number of para-hydroxylation sites is 1. The molecule has 4 aromatic rings. The number of amides is 1. The normalized spacial score (nSPS) is 17.0. The molecule has 1 atom stereocenters. The highest BCUT2D eigenvalue weighted by atomic mass is 35.5. The lowest BCUT2D eigenvalue weighted by Crippen LogP contribution is -2.55. The molecule has 0 bridgehead atoms. The lowest BCUT2D eigenvalue weighted by Gasteiger charge is -2.36. The van der Waals surface area contributed by atoms with Gasteiger partial charge in [0.2, 0.25) is 26.0 Å². The molecule has 0 aliphatic carbocycles. The van der Waals surface area contributed by atoms with Crippen LogP contribution in [0, 0.1) is 19.3 Å². The fourth-order valence-corrected chi connectivity index (χ4v) is 10.4. The van der Waals surface area contributed by atoms with E-state index in [2.05, 4.69) is 4.98 Å². The van der Waals surface area contributed by atoms with E-state index in [4.69, 9.17) is 39.1 Å². The van der Waals surface area contributed by atoms with Crippen molar-refractivity contribution in [3.63, 3.8) is 0 Å². The number of hydrogen-bond donors (Lipinski definition) is 2. The van der Waals surface area contributed by atoms with E-state index in [1.807, 2.05) is 32.0 Å². The van der Waals surface area contributed by atoms with Gasteiger partial charge < -0.3 is 15.4 Å². The van der Waals surface area contributed by atoms with Gasteiger partial charge in [-0.3, -0.25) is 10.2 Å². The molecule has 18 heteroatoms. The van der Waals surface area contributed by atoms with Crippen molar-refractivity contribution in [3.8, 4) is 5.75 Å². The predicted octanol–water partition coefficient (Wildman–Crippen LogP) is 5.55. The number of ether oxygens (including phenoxy) is 1. The fraction of sp³-hybridized carbons (Fsp3) is 0.324. The molecular weight excluding hydrogens is 794 g/mol. The van der Waals surface area contributed by atoms with Crippen LogP contribution in [0.25, 0.3) is 10.9 Å². The Hall–Kier alpha value is -3.21. The zero-order valence-corrected chi connectivity index (χ0v) is 33.0. The number of fused-ring (bicyclic) bond motifs is 1. The second-order valence-electron chi connectivity index (χ2n) is 12.3. The summed E-state index contributed by atoms with van der Waals surface area (Å²) in [6, 6.07) is 15.1. The quantitative estimate of drug-likeness (QED) is 0.164. The second-order valence-corrected chi connectivity index (χ2v) is 16.9. The first kappa shape index (κ1) is 41.5. The van der Waals surface area contributed by atoms with Gasteiger partial charge in [-0.25, -0.2) is 21.8 Å². The maximum absolute atomic E-state index is 14.1. The van der Waals surface area contributed by atoms with Gasteiger partial charge in [0.05, 0.1) is 9.92 Å². The molecule has 3 heterocycles. The van der Waals surface area contributed by atoms with Crippen LogP contribution in [0.3, 0.4) is 0 Å². The maximum Gasteiger partial charge on any atom is 0.245 e. The van der Waals surface area contributed by atoms with Crippen LogP contribution < -0.4 is 10.5 Å². The van der Waals surface area contributed by atoms with Crippen LogP contribution in [0.15, 0.2) is 70.5 Å². The number of aryl methyl sites for hydroxylation is 2. The Kier molecular flexibility index (Phi) is 13.1. The van der Waals surface area contributed by atoms with Crippen molar-refractivity contribution < 1.29 is 26.4 Å². The summed E-state index contributed by atoms with van der Waals surface area (Å²) in [7, 11) is -8.11. The van der Waals surface area contributed by atoms with Crippen molar-refractivity contribution in [2.24, 2.45) is 5.73 Å². The minimum absolute atomic E-state index is 0. The number of carbonyl (C=O) groups is 1. The number of nitrogen functional groups attached to an aromatic ring is 1. The number of nitrogens with zero attached hydrogens (tertiary/aromatic N) is 4. The third-order valence-corrected chi connectivity index (χ3v) is 13.9. The number of pyridine rings is 1. The lowest BCUT2D eigenvalue weighted by atomic mass is 10.1. The number of piperazine rings is 1. The SMILES string of the molecule is Cc1cc(C)c2cccc(OCc3c(Cl)ccc(S(=O)(=O)N4CCCC4C(=O)N4CCN(S(=O)(=O)c5ccc(C(=N)N)cc5)CC4)c3Cl)c2n1.Cl.Cl. The van der Waals surface area contributed by atoms with E-state index >= 15 is 0 Å². The number of halogens is 4. The Morgan fingerprint density at radius 2 is 1.62 bits per heavy atom. The topological polar surface area (TPSA) is 167 Å². The van der Waals surface area contributed by atoms with Gasteiger partial charge in [0.1, 0.15) is 34.6 Å². The van der Waals surface area contributed by atoms with Crippen molar-refractivity contribution in [1.82, 2.24) is 18.5 Å². The van der Waals surface area contributed by atoms with E-state index in [0.717, 1.165) is 16.6 Å². The largest absolute Gasteiger partial charge is 0.487 e. The van der Waals surface area contributed by atoms with Gasteiger partial charge in [-0.1, -0.05) is 35.3 Å². The van der Waals surface area contributed by atoms with Crippen LogP contribution in [0.4, 0.5) is 0 Å². The number of aromatic nitrogens is 1. The molecule has 1 unspecified atom stereocenters. The molecule has 12 nitrogen and oxygen atoms in total. The second kappa shape index (κ2) is 16.4. The van der Waals surface area contributed by atoms with Gasteiger partial charge >= 0.3 is 0 Å². The number of amidine groups is 1. The Labute approximate surface area is 325 Å². The molecule has 3 N–H and O–H groups in total. The van der Waals surface area contributed by atoms with Crippen LogP contribution in [0.2, 0.25) is 10.0 Å². The molecule has 2 fully saturated rings. The third kappa shape index (κ3) is 7.99. The molecule has 1 amide bonds. The standard InChI is InChI=1S/C34H36Cl2N6O6S2.2ClH/c1-21-19-22(2)39-32-25(21)5-3-7-29(32)48-20-26-27(35)12-13-30(31(26)36)50(46,47)42-14-4-6-28(42)34(43)40-15-17-41(18-16-40)49(44,45)24-10-8-23(9-11-24)33(37)38;;/h3,5,7-13,19,28H,4,6,14-18,20H2,1-2H3,(H3,37,38);2*1H. The maximum atomic E-state index is 14.1. The number of sulfonamides is 2. The summed E-state index contributed by atoms with van der Waals surface area (Å²) < 4.78 is 63.3. The third-order valence-electron chi connectivity index (χ3n) is 9.09. The number of nitrogens with one attached hydrogen (secondary N) is 1. The van der Waals surface area contributed by atoms with Crippen LogP contribution in [-0.4, -0.2) is 85.8 Å². The van der Waals surface area contributed by atoms with Crippen LogP contribution in [0.1, 0.15) is 35.2 Å². The van der Waals surface area contributed by atoms with Crippen molar-refractivity contribution in [2.45, 2.75) is 49.1 Å². The van der Waals surface area contributed by atoms with Crippen LogP contribution in [-0.2, 0) is 31.4 Å². The van der Waals surface area contributed by atoms with E-state index < -0.39 is 32.0 Å². The summed E-state index contributed by atoms with van der Waals surface area (Å²) in [4.78, 5) is 19.8. The minimum atomic E-state index is -4.25. The highest BCUT2D eigenvalue weighted by Gasteiger charge is 2.43. The molecule has 6 rings (SSSR count). The number of carbonyl (C=O) groups excluding carboxylic acids is 1. The summed E-state index contributed by atoms with van der Waals surface area (Å²) in [5, 5.41) is 8.58. The highest BCUT2D eigenvalue weighted by molar-refractivity contribution is 7.89. The summed E-state index contributed by atoms with van der Waals surface area (Å²) in [5.74, 6) is -0.0630. The van der Waals surface area contributed by atoms with Gasteiger partial charge in [-0.15, -0.1) is 24.8 Å². The molecule has 52 heavy (non-hydrogen) atoms. The first-order valence-electron chi connectivity index (χ1n) is 15.9.